The van der Waals surface area contributed by atoms with Gasteiger partial charge in [0.05, 0.1) is 18.5 Å². The van der Waals surface area contributed by atoms with E-state index >= 15 is 0 Å². The van der Waals surface area contributed by atoms with Crippen molar-refractivity contribution in [3.63, 3.8) is 0 Å². The maximum absolute atomic E-state index is 12.3. The minimum absolute atomic E-state index is 0.201. The zero-order valence-electron chi connectivity index (χ0n) is 14.2. The largest absolute Gasteiger partial charge is 0.492 e. The molecule has 0 spiro atoms. The molecule has 8 nitrogen and oxygen atoms in total. The van der Waals surface area contributed by atoms with Crippen LogP contribution in [-0.2, 0) is 0 Å². The van der Waals surface area contributed by atoms with Crippen molar-refractivity contribution >= 4 is 11.7 Å². The molecule has 3 aromatic rings. The van der Waals surface area contributed by atoms with Crippen LogP contribution in [0.1, 0.15) is 42.4 Å². The Hall–Kier alpha value is -3.03. The molecule has 0 aliphatic heterocycles. The van der Waals surface area contributed by atoms with Gasteiger partial charge in [0.15, 0.2) is 0 Å². The van der Waals surface area contributed by atoms with E-state index in [4.69, 9.17) is 4.74 Å². The minimum atomic E-state index is -0.228. The standard InChI is InChI=1S/C17H20N6O2/c1-12(2)15-9-14(22-17-20-11-21-23(15)17)16(24)19-7-4-8-25-13-5-3-6-18-10-13/h3,5-6,9-12H,4,7-8H2,1-2H3,(H,19,24). The van der Waals surface area contributed by atoms with Crippen molar-refractivity contribution in [3.8, 4) is 5.75 Å². The SMILES string of the molecule is CC(C)c1cc(C(=O)NCCCOc2cccnc2)nc2ncnn12. The van der Waals surface area contributed by atoms with Crippen LogP contribution in [0.3, 0.4) is 0 Å². The number of amides is 1. The first-order chi connectivity index (χ1) is 12.1. The lowest BCUT2D eigenvalue weighted by atomic mass is 10.1. The Bertz CT molecular complexity index is 847. The van der Waals surface area contributed by atoms with E-state index in [9.17, 15) is 4.79 Å². The number of rotatable bonds is 7. The topological polar surface area (TPSA) is 94.3 Å². The van der Waals surface area contributed by atoms with Crippen LogP contribution in [0.4, 0.5) is 0 Å². The van der Waals surface area contributed by atoms with Crippen LogP contribution in [0.25, 0.3) is 5.78 Å². The van der Waals surface area contributed by atoms with E-state index in [2.05, 4.69) is 25.4 Å². The van der Waals surface area contributed by atoms with Crippen molar-refractivity contribution in [2.24, 2.45) is 0 Å². The zero-order valence-corrected chi connectivity index (χ0v) is 14.2. The molecular formula is C17H20N6O2. The van der Waals surface area contributed by atoms with Crippen LogP contribution < -0.4 is 10.1 Å². The first kappa shape index (κ1) is 16.8. The van der Waals surface area contributed by atoms with Gasteiger partial charge in [-0.1, -0.05) is 13.8 Å². The third-order valence-electron chi connectivity index (χ3n) is 3.61. The molecule has 0 aliphatic rings. The zero-order chi connectivity index (χ0) is 17.6. The van der Waals surface area contributed by atoms with E-state index in [0.29, 0.717) is 36.8 Å². The Kier molecular flexibility index (Phi) is 5.17. The molecule has 3 rings (SSSR count). The maximum atomic E-state index is 12.3. The number of carbonyl (C=O) groups is 1. The van der Waals surface area contributed by atoms with Gasteiger partial charge < -0.3 is 10.1 Å². The molecular weight excluding hydrogens is 320 g/mol. The summed E-state index contributed by atoms with van der Waals surface area (Å²) in [5.41, 5.74) is 1.24. The summed E-state index contributed by atoms with van der Waals surface area (Å²) in [6, 6.07) is 5.42. The summed E-state index contributed by atoms with van der Waals surface area (Å²) >= 11 is 0. The van der Waals surface area contributed by atoms with E-state index < -0.39 is 0 Å². The van der Waals surface area contributed by atoms with Crippen molar-refractivity contribution in [3.05, 3.63) is 48.3 Å². The van der Waals surface area contributed by atoms with E-state index in [1.54, 1.807) is 23.0 Å². The van der Waals surface area contributed by atoms with Crippen LogP contribution in [0.2, 0.25) is 0 Å². The quantitative estimate of drug-likeness (QED) is 0.660. The van der Waals surface area contributed by atoms with Gasteiger partial charge >= 0.3 is 0 Å². The molecule has 1 amide bonds. The molecule has 0 saturated carbocycles. The molecule has 8 heteroatoms. The molecule has 3 heterocycles. The Morgan fingerprint density at radius 1 is 1.40 bits per heavy atom. The van der Waals surface area contributed by atoms with E-state index in [1.165, 1.54) is 6.33 Å². The number of ether oxygens (including phenoxy) is 1. The Labute approximate surface area is 145 Å². The number of nitrogens with zero attached hydrogens (tertiary/aromatic N) is 5. The highest BCUT2D eigenvalue weighted by molar-refractivity contribution is 5.92. The van der Waals surface area contributed by atoms with Crippen molar-refractivity contribution in [1.29, 1.82) is 0 Å². The van der Waals surface area contributed by atoms with Gasteiger partial charge in [-0.2, -0.15) is 10.1 Å². The number of pyridine rings is 1. The Morgan fingerprint density at radius 2 is 2.28 bits per heavy atom. The highest BCUT2D eigenvalue weighted by Gasteiger charge is 2.15. The molecule has 0 saturated heterocycles. The second-order valence-electron chi connectivity index (χ2n) is 5.84. The van der Waals surface area contributed by atoms with E-state index in [0.717, 1.165) is 5.69 Å². The van der Waals surface area contributed by atoms with Crippen LogP contribution in [0, 0.1) is 0 Å². The molecule has 130 valence electrons. The van der Waals surface area contributed by atoms with Gasteiger partial charge in [0.2, 0.25) is 0 Å². The van der Waals surface area contributed by atoms with E-state index in [-0.39, 0.29) is 11.8 Å². The lowest BCUT2D eigenvalue weighted by Gasteiger charge is -2.10. The van der Waals surface area contributed by atoms with Crippen LogP contribution in [0.15, 0.2) is 36.9 Å². The van der Waals surface area contributed by atoms with Crippen molar-refractivity contribution in [1.82, 2.24) is 29.9 Å². The number of hydrogen-bond acceptors (Lipinski definition) is 6. The molecule has 0 aliphatic carbocycles. The summed E-state index contributed by atoms with van der Waals surface area (Å²) in [5, 5.41) is 7.00. The van der Waals surface area contributed by atoms with Gasteiger partial charge in [0, 0.05) is 12.7 Å². The first-order valence-corrected chi connectivity index (χ1v) is 8.17. The lowest BCUT2D eigenvalue weighted by Crippen LogP contribution is -2.27. The summed E-state index contributed by atoms with van der Waals surface area (Å²) in [7, 11) is 0. The first-order valence-electron chi connectivity index (χ1n) is 8.17. The van der Waals surface area contributed by atoms with Gasteiger partial charge in [-0.05, 0) is 30.5 Å². The predicted molar refractivity (Wildman–Crippen MR) is 91.6 cm³/mol. The lowest BCUT2D eigenvalue weighted by molar-refractivity contribution is 0.0946. The van der Waals surface area contributed by atoms with Crippen LogP contribution >= 0.6 is 0 Å². The molecule has 1 N–H and O–H groups in total. The summed E-state index contributed by atoms with van der Waals surface area (Å²) in [6.07, 6.45) is 5.47. The number of carbonyl (C=O) groups excluding carboxylic acids is 1. The summed E-state index contributed by atoms with van der Waals surface area (Å²) < 4.78 is 7.20. The summed E-state index contributed by atoms with van der Waals surface area (Å²) in [4.78, 5) is 24.7. The molecule has 0 atom stereocenters. The third kappa shape index (κ3) is 4.09. The summed E-state index contributed by atoms with van der Waals surface area (Å²) in [6.45, 7) is 5.07. The number of nitrogens with one attached hydrogen (secondary N) is 1. The van der Waals surface area contributed by atoms with Crippen molar-refractivity contribution < 1.29 is 9.53 Å². The molecule has 0 radical (unpaired) electrons. The molecule has 0 fully saturated rings. The van der Waals surface area contributed by atoms with Crippen LogP contribution in [0.5, 0.6) is 5.75 Å². The fourth-order valence-electron chi connectivity index (χ4n) is 2.35. The molecule has 3 aromatic heterocycles. The molecule has 0 bridgehead atoms. The highest BCUT2D eigenvalue weighted by Crippen LogP contribution is 2.15. The van der Waals surface area contributed by atoms with Gasteiger partial charge in [-0.15, -0.1) is 0 Å². The van der Waals surface area contributed by atoms with Gasteiger partial charge in [-0.3, -0.25) is 9.78 Å². The maximum Gasteiger partial charge on any atom is 0.270 e. The van der Waals surface area contributed by atoms with E-state index in [1.807, 2.05) is 26.0 Å². The second-order valence-corrected chi connectivity index (χ2v) is 5.84. The van der Waals surface area contributed by atoms with Gasteiger partial charge in [-0.25, -0.2) is 9.50 Å². The average Bonchev–Trinajstić information content (AvgIpc) is 3.09. The number of hydrogen-bond donors (Lipinski definition) is 1. The third-order valence-corrected chi connectivity index (χ3v) is 3.61. The van der Waals surface area contributed by atoms with Gasteiger partial charge in [0.1, 0.15) is 17.8 Å². The van der Waals surface area contributed by atoms with Gasteiger partial charge in [0.25, 0.3) is 11.7 Å². The number of aromatic nitrogens is 5. The smallest absolute Gasteiger partial charge is 0.270 e. The highest BCUT2D eigenvalue weighted by atomic mass is 16.5. The molecule has 25 heavy (non-hydrogen) atoms. The Morgan fingerprint density at radius 3 is 3.04 bits per heavy atom. The minimum Gasteiger partial charge on any atom is -0.492 e. The Balaban J connectivity index is 1.55. The fraction of sp³-hybridized carbons (Fsp3) is 0.353. The molecule has 0 aromatic carbocycles. The van der Waals surface area contributed by atoms with Crippen LogP contribution in [-0.4, -0.2) is 43.6 Å². The molecule has 0 unspecified atom stereocenters. The average molecular weight is 340 g/mol. The van der Waals surface area contributed by atoms with Crippen molar-refractivity contribution in [2.45, 2.75) is 26.2 Å². The second kappa shape index (κ2) is 7.69. The number of fused-ring (bicyclic) bond motifs is 1. The summed E-state index contributed by atoms with van der Waals surface area (Å²) in [5.74, 6) is 1.12. The van der Waals surface area contributed by atoms with Crippen molar-refractivity contribution in [2.75, 3.05) is 13.2 Å². The monoisotopic (exact) mass is 340 g/mol. The predicted octanol–water partition coefficient (Wildman–Crippen LogP) is 1.84. The fourth-order valence-corrected chi connectivity index (χ4v) is 2.35. The normalized spacial score (nSPS) is 11.0.